The van der Waals surface area contributed by atoms with E-state index in [0.29, 0.717) is 6.42 Å². The Hall–Kier alpha value is -1.27. The number of allylic oxidation sites excluding steroid dienone is 1. The van der Waals surface area contributed by atoms with Gasteiger partial charge in [-0.2, -0.15) is 0 Å². The van der Waals surface area contributed by atoms with Crippen molar-refractivity contribution >= 4 is 5.91 Å². The fourth-order valence-corrected chi connectivity index (χ4v) is 11.9. The van der Waals surface area contributed by atoms with E-state index in [0.717, 1.165) is 38.5 Å². The first kappa shape index (κ1) is 76.8. The van der Waals surface area contributed by atoms with Crippen molar-refractivity contribution in [3.05, 3.63) is 12.2 Å². The number of carbonyl (C=O) groups is 1. The molecule has 0 bridgehead atoms. The Morgan fingerprint density at radius 1 is 0.427 bits per heavy atom. The average molecular weight is 1170 g/mol. The van der Waals surface area contributed by atoms with Gasteiger partial charge in [0.25, 0.3) is 0 Å². The van der Waals surface area contributed by atoms with Gasteiger partial charge in [0.15, 0.2) is 12.6 Å². The summed E-state index contributed by atoms with van der Waals surface area (Å²) in [5.74, 6) is -0.235. The zero-order chi connectivity index (χ0) is 59.5. The Morgan fingerprint density at radius 3 is 1.12 bits per heavy atom. The summed E-state index contributed by atoms with van der Waals surface area (Å²) in [7, 11) is 0. The van der Waals surface area contributed by atoms with E-state index < -0.39 is 86.8 Å². The Balaban J connectivity index is 1.49. The van der Waals surface area contributed by atoms with Crippen molar-refractivity contribution in [3.8, 4) is 0 Å². The molecule has 0 saturated carbocycles. The molecular weight excluding hydrogens is 1040 g/mol. The monoisotopic (exact) mass is 1170 g/mol. The molecule has 12 atom stereocenters. The minimum absolute atomic E-state index is 0.235. The van der Waals surface area contributed by atoms with E-state index >= 15 is 0 Å². The predicted molar refractivity (Wildman–Crippen MR) is 332 cm³/mol. The summed E-state index contributed by atoms with van der Waals surface area (Å²) >= 11 is 0. The molecule has 0 aromatic rings. The van der Waals surface area contributed by atoms with E-state index in [1.54, 1.807) is 6.08 Å². The summed E-state index contributed by atoms with van der Waals surface area (Å²) in [5.41, 5.74) is 0. The Labute approximate surface area is 501 Å². The standard InChI is InChI=1S/C68H131NO13/c1-3-5-7-9-11-13-14-15-16-17-18-19-20-21-22-23-24-25-26-27-28-29-30-31-32-33-34-35-36-37-38-39-40-41-42-44-46-48-50-52-60(73)69-56(57(72)51-49-47-45-43-12-10-8-6-4-2)55-79-67-65(78)63(76)66(59(54-71)81-67)82-68-64(77)62(75)61(74)58(53-70)80-68/h49,51,56-59,61-68,70-72,74-78H,3-48,50,52-55H2,1-2H3,(H,69,73)/b51-49+. The molecule has 9 N–H and O–H groups in total. The highest BCUT2D eigenvalue weighted by Gasteiger charge is 2.51. The number of carbonyl (C=O) groups excluding carboxylic acids is 1. The lowest BCUT2D eigenvalue weighted by Crippen LogP contribution is -2.65. The van der Waals surface area contributed by atoms with Crippen LogP contribution in [0.1, 0.15) is 322 Å². The third-order valence-electron chi connectivity index (χ3n) is 17.5. The van der Waals surface area contributed by atoms with Crippen LogP contribution in [0.25, 0.3) is 0 Å². The van der Waals surface area contributed by atoms with Gasteiger partial charge < -0.3 is 65.1 Å². The third-order valence-corrected chi connectivity index (χ3v) is 17.5. The van der Waals surface area contributed by atoms with E-state index in [9.17, 15) is 45.6 Å². The van der Waals surface area contributed by atoms with Gasteiger partial charge in [-0.05, 0) is 19.3 Å². The number of hydrogen-bond acceptors (Lipinski definition) is 13. The molecule has 0 aromatic carbocycles. The maximum absolute atomic E-state index is 13.2. The minimum atomic E-state index is -1.78. The highest BCUT2D eigenvalue weighted by molar-refractivity contribution is 5.76. The van der Waals surface area contributed by atoms with E-state index in [1.807, 2.05) is 6.08 Å². The molecule has 82 heavy (non-hydrogen) atoms. The van der Waals surface area contributed by atoms with Crippen LogP contribution >= 0.6 is 0 Å². The molecular formula is C68H131NO13. The summed E-state index contributed by atoms with van der Waals surface area (Å²) in [5, 5.41) is 86.9. The first-order valence-corrected chi connectivity index (χ1v) is 34.9. The summed E-state index contributed by atoms with van der Waals surface area (Å²) in [4.78, 5) is 13.2. The molecule has 14 heteroatoms. The Morgan fingerprint density at radius 2 is 0.756 bits per heavy atom. The minimum Gasteiger partial charge on any atom is -0.394 e. The summed E-state index contributed by atoms with van der Waals surface area (Å²) in [6.45, 7) is 2.79. The summed E-state index contributed by atoms with van der Waals surface area (Å²) in [6.07, 6.45) is 49.1. The van der Waals surface area contributed by atoms with Gasteiger partial charge in [-0.25, -0.2) is 0 Å². The zero-order valence-electron chi connectivity index (χ0n) is 52.8. The number of rotatable bonds is 58. The Kier molecular flexibility index (Phi) is 50.5. The first-order chi connectivity index (χ1) is 40.1. The van der Waals surface area contributed by atoms with Gasteiger partial charge in [0.2, 0.25) is 5.91 Å². The molecule has 0 spiro atoms. The van der Waals surface area contributed by atoms with Crippen molar-refractivity contribution < 1.29 is 64.6 Å². The van der Waals surface area contributed by atoms with E-state index in [4.69, 9.17) is 18.9 Å². The van der Waals surface area contributed by atoms with E-state index in [1.165, 1.54) is 257 Å². The van der Waals surface area contributed by atoms with E-state index in [-0.39, 0.29) is 18.9 Å². The molecule has 0 aromatic heterocycles. The molecule has 2 heterocycles. The molecule has 2 rings (SSSR count). The van der Waals surface area contributed by atoms with Crippen LogP contribution in [-0.2, 0) is 23.7 Å². The van der Waals surface area contributed by atoms with Crippen LogP contribution in [0.4, 0.5) is 0 Å². The lowest BCUT2D eigenvalue weighted by molar-refractivity contribution is -0.359. The summed E-state index contributed by atoms with van der Waals surface area (Å²) in [6, 6.07) is -0.908. The number of nitrogens with one attached hydrogen (secondary N) is 1. The van der Waals surface area contributed by atoms with Gasteiger partial charge in [0.05, 0.1) is 32.0 Å². The van der Waals surface area contributed by atoms with Gasteiger partial charge in [0, 0.05) is 6.42 Å². The maximum atomic E-state index is 13.2. The molecule has 1 amide bonds. The third kappa shape index (κ3) is 38.1. The van der Waals surface area contributed by atoms with Gasteiger partial charge in [0.1, 0.15) is 48.8 Å². The smallest absolute Gasteiger partial charge is 0.220 e. The lowest BCUT2D eigenvalue weighted by Gasteiger charge is -2.46. The highest BCUT2D eigenvalue weighted by atomic mass is 16.7. The molecule has 2 aliphatic rings. The first-order valence-electron chi connectivity index (χ1n) is 34.9. The van der Waals surface area contributed by atoms with Crippen molar-refractivity contribution in [2.75, 3.05) is 19.8 Å². The number of ether oxygens (including phenoxy) is 4. The molecule has 12 unspecified atom stereocenters. The van der Waals surface area contributed by atoms with Gasteiger partial charge in [-0.3, -0.25) is 4.79 Å². The van der Waals surface area contributed by atoms with Crippen LogP contribution in [0, 0.1) is 0 Å². The second kappa shape index (κ2) is 53.9. The molecule has 0 aliphatic carbocycles. The van der Waals surface area contributed by atoms with Gasteiger partial charge >= 0.3 is 0 Å². The summed E-state index contributed by atoms with van der Waals surface area (Å²) < 4.78 is 22.7. The second-order valence-electron chi connectivity index (χ2n) is 25.0. The topological polar surface area (TPSA) is 228 Å². The average Bonchev–Trinajstić information content (AvgIpc) is 3.24. The molecule has 14 nitrogen and oxygen atoms in total. The molecule has 486 valence electrons. The van der Waals surface area contributed by atoms with Crippen LogP contribution in [0.2, 0.25) is 0 Å². The van der Waals surface area contributed by atoms with Crippen LogP contribution in [0.3, 0.4) is 0 Å². The fraction of sp³-hybridized carbons (Fsp3) is 0.956. The van der Waals surface area contributed by atoms with Crippen LogP contribution in [-0.4, -0.2) is 140 Å². The van der Waals surface area contributed by atoms with Crippen molar-refractivity contribution in [3.63, 3.8) is 0 Å². The van der Waals surface area contributed by atoms with Crippen molar-refractivity contribution in [2.45, 2.75) is 396 Å². The lowest BCUT2D eigenvalue weighted by atomic mass is 9.97. The van der Waals surface area contributed by atoms with Crippen LogP contribution in [0.5, 0.6) is 0 Å². The fourth-order valence-electron chi connectivity index (χ4n) is 11.9. The molecule has 2 saturated heterocycles. The van der Waals surface area contributed by atoms with E-state index in [2.05, 4.69) is 19.2 Å². The number of amides is 1. The normalized spacial score (nSPS) is 23.9. The zero-order valence-corrected chi connectivity index (χ0v) is 52.8. The van der Waals surface area contributed by atoms with Crippen LogP contribution in [0.15, 0.2) is 12.2 Å². The predicted octanol–water partition coefficient (Wildman–Crippen LogP) is 13.8. The molecule has 2 fully saturated rings. The highest BCUT2D eigenvalue weighted by Crippen LogP contribution is 2.30. The largest absolute Gasteiger partial charge is 0.394 e. The SMILES string of the molecule is CCCCCCCCC/C=C/C(O)C(COC1OC(CO)C(OC2OC(CO)C(O)C(O)C2O)C(O)C1O)NC(=O)CCCCCCCCCCCCCCCCCCCCCCCCCCCCCCCCCCCCCCCCC. The number of aliphatic hydroxyl groups excluding tert-OH is 8. The maximum Gasteiger partial charge on any atom is 0.220 e. The Bertz CT molecular complexity index is 1420. The van der Waals surface area contributed by atoms with Gasteiger partial charge in [-0.1, -0.05) is 309 Å². The van der Waals surface area contributed by atoms with Gasteiger partial charge in [-0.15, -0.1) is 0 Å². The number of aliphatic hydroxyl groups is 8. The van der Waals surface area contributed by atoms with Crippen molar-refractivity contribution in [1.82, 2.24) is 5.32 Å². The van der Waals surface area contributed by atoms with Crippen LogP contribution < -0.4 is 5.32 Å². The molecule has 2 aliphatic heterocycles. The van der Waals surface area contributed by atoms with Crippen molar-refractivity contribution in [2.24, 2.45) is 0 Å². The molecule has 0 radical (unpaired) electrons. The quantitative estimate of drug-likeness (QED) is 0.0204. The second-order valence-corrected chi connectivity index (χ2v) is 25.0. The number of hydrogen-bond donors (Lipinski definition) is 9. The van der Waals surface area contributed by atoms with Crippen molar-refractivity contribution in [1.29, 1.82) is 0 Å². The number of unbranched alkanes of at least 4 members (excludes halogenated alkanes) is 45.